The van der Waals surface area contributed by atoms with E-state index in [4.69, 9.17) is 4.74 Å². The number of pyridine rings is 1. The first-order valence-electron chi connectivity index (χ1n) is 8.11. The molecule has 1 aliphatic heterocycles. The number of anilines is 1. The summed E-state index contributed by atoms with van der Waals surface area (Å²) in [5, 5.41) is 2.94. The molecule has 3 heterocycles. The fourth-order valence-corrected chi connectivity index (χ4v) is 1.82. The average molecular weight is 335 g/mol. The zero-order valence-electron chi connectivity index (χ0n) is 15.3. The maximum Gasteiger partial charge on any atom is 0.209 e. The van der Waals surface area contributed by atoms with Gasteiger partial charge in [-0.25, -0.2) is 9.97 Å². The number of nitrogens with one attached hydrogen (secondary N) is 2. The molecule has 1 fully saturated rings. The van der Waals surface area contributed by atoms with Crippen molar-refractivity contribution in [2.75, 3.05) is 32.6 Å². The van der Waals surface area contributed by atoms with Gasteiger partial charge in [0.25, 0.3) is 0 Å². The lowest BCUT2D eigenvalue weighted by atomic mass is 10.2. The predicted octanol–water partition coefficient (Wildman–Crippen LogP) is 2.67. The highest BCUT2D eigenvalue weighted by molar-refractivity contribution is 5.76. The van der Waals surface area contributed by atoms with Crippen molar-refractivity contribution in [2.24, 2.45) is 0 Å². The third-order valence-corrected chi connectivity index (χ3v) is 3.46. The Hall–Kier alpha value is -2.15. The maximum absolute atomic E-state index is 9.93. The van der Waals surface area contributed by atoms with Gasteiger partial charge in [0.1, 0.15) is 5.82 Å². The number of ether oxygens (including phenoxy) is 1. The number of hydrogen-bond acceptors (Lipinski definition) is 5. The van der Waals surface area contributed by atoms with Gasteiger partial charge >= 0.3 is 0 Å². The standard InChI is InChI=1S/C7H8N4.C5H9NO.C5H12O/c1-8-7-2-5-6(3-9-7)11-4-10-5;7-5-6-3-1-2-4-6;1-5(2,3)6-4/h2-4H,1H3,(H,8,9)(H,10,11);5H,1-4H2;1-4H3. The van der Waals surface area contributed by atoms with E-state index in [1.54, 1.807) is 24.5 Å². The van der Waals surface area contributed by atoms with Crippen LogP contribution in [0.2, 0.25) is 0 Å². The monoisotopic (exact) mass is 335 g/mol. The number of amides is 1. The summed E-state index contributed by atoms with van der Waals surface area (Å²) in [5.41, 5.74) is 1.94. The lowest BCUT2D eigenvalue weighted by Crippen LogP contribution is -2.15. The van der Waals surface area contributed by atoms with Crippen molar-refractivity contribution in [1.82, 2.24) is 19.9 Å². The predicted molar refractivity (Wildman–Crippen MR) is 97.1 cm³/mol. The molecule has 7 nitrogen and oxygen atoms in total. The number of carbonyl (C=O) groups is 1. The first kappa shape index (κ1) is 19.9. The van der Waals surface area contributed by atoms with Crippen LogP contribution >= 0.6 is 0 Å². The number of carbonyl (C=O) groups excluding carboxylic acids is 1. The van der Waals surface area contributed by atoms with E-state index < -0.39 is 0 Å². The topological polar surface area (TPSA) is 83.1 Å². The van der Waals surface area contributed by atoms with Crippen LogP contribution in [0, 0.1) is 0 Å². The Kier molecular flexibility index (Phi) is 8.18. The normalized spacial score (nSPS) is 13.6. The molecule has 2 N–H and O–H groups in total. The van der Waals surface area contributed by atoms with Crippen molar-refractivity contribution in [2.45, 2.75) is 39.2 Å². The molecule has 24 heavy (non-hydrogen) atoms. The molecule has 0 atom stereocenters. The molecule has 0 saturated carbocycles. The molecular weight excluding hydrogens is 306 g/mol. The van der Waals surface area contributed by atoms with Crippen molar-refractivity contribution >= 4 is 23.3 Å². The van der Waals surface area contributed by atoms with E-state index in [9.17, 15) is 4.79 Å². The van der Waals surface area contributed by atoms with Gasteiger partial charge in [0, 0.05) is 33.3 Å². The number of likely N-dealkylation sites (tertiary alicyclic amines) is 1. The van der Waals surface area contributed by atoms with Crippen LogP contribution in [0.25, 0.3) is 11.0 Å². The van der Waals surface area contributed by atoms with Crippen LogP contribution in [-0.4, -0.2) is 59.1 Å². The second-order valence-electron chi connectivity index (χ2n) is 6.40. The summed E-state index contributed by atoms with van der Waals surface area (Å²) in [6.45, 7) is 8.01. The van der Waals surface area contributed by atoms with Crippen LogP contribution in [-0.2, 0) is 9.53 Å². The maximum atomic E-state index is 9.93. The number of aromatic nitrogens is 3. The number of imidazole rings is 1. The Morgan fingerprint density at radius 2 is 1.92 bits per heavy atom. The summed E-state index contributed by atoms with van der Waals surface area (Å²) in [7, 11) is 3.54. The number of rotatable bonds is 2. The number of methoxy groups -OCH3 is 1. The Labute approximate surface area is 143 Å². The van der Waals surface area contributed by atoms with Crippen molar-refractivity contribution in [3.63, 3.8) is 0 Å². The SMILES string of the molecule is CNc1cc2nc[nH]c2cn1.COC(C)(C)C.O=CN1CCCC1. The third kappa shape index (κ3) is 7.41. The summed E-state index contributed by atoms with van der Waals surface area (Å²) in [4.78, 5) is 22.9. The van der Waals surface area contributed by atoms with Crippen LogP contribution < -0.4 is 5.32 Å². The molecule has 0 bridgehead atoms. The summed E-state index contributed by atoms with van der Waals surface area (Å²) in [6, 6.07) is 1.89. The minimum Gasteiger partial charge on any atom is -0.379 e. The van der Waals surface area contributed by atoms with Gasteiger partial charge in [-0.2, -0.15) is 0 Å². The Morgan fingerprint density at radius 1 is 1.29 bits per heavy atom. The second-order valence-corrected chi connectivity index (χ2v) is 6.40. The highest BCUT2D eigenvalue weighted by Crippen LogP contribution is 2.10. The van der Waals surface area contributed by atoms with Crippen molar-refractivity contribution in [3.8, 4) is 0 Å². The van der Waals surface area contributed by atoms with Crippen LogP contribution in [0.4, 0.5) is 5.82 Å². The molecule has 0 aliphatic carbocycles. The zero-order chi connectivity index (χ0) is 18.0. The number of nitrogens with zero attached hydrogens (tertiary/aromatic N) is 3. The number of H-pyrrole nitrogens is 1. The van der Waals surface area contributed by atoms with E-state index in [0.29, 0.717) is 0 Å². The molecule has 0 aromatic carbocycles. The molecule has 2 aromatic heterocycles. The molecule has 0 unspecified atom stereocenters. The summed E-state index contributed by atoms with van der Waals surface area (Å²) in [6.07, 6.45) is 6.73. The van der Waals surface area contributed by atoms with E-state index in [0.717, 1.165) is 36.4 Å². The molecule has 7 heteroatoms. The molecule has 134 valence electrons. The molecule has 0 spiro atoms. The van der Waals surface area contributed by atoms with E-state index in [1.165, 1.54) is 12.8 Å². The third-order valence-electron chi connectivity index (χ3n) is 3.46. The number of hydrogen-bond donors (Lipinski definition) is 2. The average Bonchev–Trinajstić information content (AvgIpc) is 3.25. The van der Waals surface area contributed by atoms with Gasteiger partial charge in [-0.05, 0) is 33.6 Å². The molecule has 0 radical (unpaired) electrons. The van der Waals surface area contributed by atoms with Crippen LogP contribution in [0.5, 0.6) is 0 Å². The Morgan fingerprint density at radius 3 is 2.38 bits per heavy atom. The minimum absolute atomic E-state index is 0.0417. The van der Waals surface area contributed by atoms with Crippen LogP contribution in [0.15, 0.2) is 18.6 Å². The van der Waals surface area contributed by atoms with Gasteiger partial charge in [0.2, 0.25) is 6.41 Å². The van der Waals surface area contributed by atoms with Gasteiger partial charge < -0.3 is 19.9 Å². The first-order chi connectivity index (χ1) is 11.4. The van der Waals surface area contributed by atoms with Gasteiger partial charge in [0.15, 0.2) is 0 Å². The summed E-state index contributed by atoms with van der Waals surface area (Å²) >= 11 is 0. The highest BCUT2D eigenvalue weighted by Gasteiger charge is 2.06. The molecular formula is C17H29N5O2. The van der Waals surface area contributed by atoms with E-state index in [1.807, 2.05) is 33.9 Å². The van der Waals surface area contributed by atoms with Crippen molar-refractivity contribution in [3.05, 3.63) is 18.6 Å². The fourth-order valence-electron chi connectivity index (χ4n) is 1.82. The smallest absolute Gasteiger partial charge is 0.209 e. The molecule has 1 aliphatic rings. The van der Waals surface area contributed by atoms with Crippen molar-refractivity contribution in [1.29, 1.82) is 0 Å². The number of fused-ring (bicyclic) bond motifs is 1. The van der Waals surface area contributed by atoms with E-state index >= 15 is 0 Å². The quantitative estimate of drug-likeness (QED) is 0.825. The van der Waals surface area contributed by atoms with Gasteiger partial charge in [-0.15, -0.1) is 0 Å². The lowest BCUT2D eigenvalue weighted by Gasteiger charge is -2.14. The van der Waals surface area contributed by atoms with Gasteiger partial charge in [0.05, 0.1) is 29.2 Å². The van der Waals surface area contributed by atoms with Gasteiger partial charge in [-0.1, -0.05) is 0 Å². The Balaban J connectivity index is 0.000000194. The second kappa shape index (κ2) is 9.87. The van der Waals surface area contributed by atoms with Crippen LogP contribution in [0.3, 0.4) is 0 Å². The summed E-state index contributed by atoms with van der Waals surface area (Å²) < 4.78 is 4.94. The fraction of sp³-hybridized carbons (Fsp3) is 0.588. The lowest BCUT2D eigenvalue weighted by molar-refractivity contribution is -0.117. The molecule has 1 amide bonds. The van der Waals surface area contributed by atoms with Gasteiger partial charge in [-0.3, -0.25) is 4.79 Å². The van der Waals surface area contributed by atoms with Crippen LogP contribution in [0.1, 0.15) is 33.6 Å². The summed E-state index contributed by atoms with van der Waals surface area (Å²) in [5.74, 6) is 0.838. The molecule has 3 rings (SSSR count). The highest BCUT2D eigenvalue weighted by atomic mass is 16.5. The van der Waals surface area contributed by atoms with E-state index in [-0.39, 0.29) is 5.60 Å². The van der Waals surface area contributed by atoms with E-state index in [2.05, 4.69) is 20.3 Å². The molecule has 1 saturated heterocycles. The molecule has 2 aromatic rings. The largest absolute Gasteiger partial charge is 0.379 e. The Bertz CT molecular complexity index is 600. The van der Waals surface area contributed by atoms with Crippen molar-refractivity contribution < 1.29 is 9.53 Å². The zero-order valence-corrected chi connectivity index (χ0v) is 15.3. The first-order valence-corrected chi connectivity index (χ1v) is 8.11. The minimum atomic E-state index is 0.0417. The number of aromatic amines is 1.